The average Bonchev–Trinajstić information content (AvgIpc) is 2.27. The maximum absolute atomic E-state index is 11.6. The Morgan fingerprint density at radius 1 is 1.47 bits per heavy atom. The predicted molar refractivity (Wildman–Crippen MR) is 62.1 cm³/mol. The van der Waals surface area contributed by atoms with E-state index in [2.05, 4.69) is 0 Å². The maximum atomic E-state index is 11.6. The number of hydrogen-bond acceptors (Lipinski definition) is 4. The van der Waals surface area contributed by atoms with Gasteiger partial charge >= 0.3 is 5.97 Å². The van der Waals surface area contributed by atoms with E-state index in [0.717, 1.165) is 32.5 Å². The molecule has 15 heavy (non-hydrogen) atoms. The van der Waals surface area contributed by atoms with E-state index in [1.165, 1.54) is 0 Å². The van der Waals surface area contributed by atoms with E-state index in [1.54, 1.807) is 11.8 Å². The summed E-state index contributed by atoms with van der Waals surface area (Å²) >= 11 is 1.76. The first-order chi connectivity index (χ1) is 7.27. The van der Waals surface area contributed by atoms with Gasteiger partial charge in [-0.3, -0.25) is 4.79 Å². The molecule has 0 aliphatic carbocycles. The highest BCUT2D eigenvalue weighted by Crippen LogP contribution is 2.28. The molecule has 1 saturated heterocycles. The Bertz CT molecular complexity index is 190. The van der Waals surface area contributed by atoms with Gasteiger partial charge in [0.15, 0.2) is 0 Å². The number of ether oxygens (including phenoxy) is 2. The second kappa shape index (κ2) is 7.12. The second-order valence-corrected chi connectivity index (χ2v) is 5.10. The van der Waals surface area contributed by atoms with Crippen LogP contribution in [0.15, 0.2) is 0 Å². The number of carbonyl (C=O) groups excluding carboxylic acids is 1. The highest BCUT2D eigenvalue weighted by Gasteiger charge is 2.24. The fraction of sp³-hybridized carbons (Fsp3) is 0.909. The quantitative estimate of drug-likeness (QED) is 0.681. The summed E-state index contributed by atoms with van der Waals surface area (Å²) in [7, 11) is 0. The van der Waals surface area contributed by atoms with E-state index in [9.17, 15) is 4.79 Å². The molecule has 88 valence electrons. The predicted octanol–water partition coefficient (Wildman–Crippen LogP) is 2.24. The molecule has 3 nitrogen and oxygen atoms in total. The SMILES string of the molecule is CCOC(=O)C(CC)SC1CCOCC1. The first kappa shape index (κ1) is 12.8. The molecule has 1 fully saturated rings. The zero-order valence-electron chi connectivity index (χ0n) is 9.53. The van der Waals surface area contributed by atoms with E-state index >= 15 is 0 Å². The summed E-state index contributed by atoms with van der Waals surface area (Å²) in [6, 6.07) is 0. The van der Waals surface area contributed by atoms with Crippen LogP contribution in [0.25, 0.3) is 0 Å². The van der Waals surface area contributed by atoms with Crippen LogP contribution in [0.3, 0.4) is 0 Å². The number of carbonyl (C=O) groups is 1. The smallest absolute Gasteiger partial charge is 0.319 e. The summed E-state index contributed by atoms with van der Waals surface area (Å²) in [6.45, 7) is 6.02. The van der Waals surface area contributed by atoms with Gasteiger partial charge < -0.3 is 9.47 Å². The summed E-state index contributed by atoms with van der Waals surface area (Å²) in [5.41, 5.74) is 0. The van der Waals surface area contributed by atoms with E-state index in [-0.39, 0.29) is 11.2 Å². The zero-order valence-corrected chi connectivity index (χ0v) is 10.3. The van der Waals surface area contributed by atoms with Gasteiger partial charge in [-0.1, -0.05) is 6.92 Å². The number of rotatable bonds is 5. The van der Waals surface area contributed by atoms with Crippen molar-refractivity contribution in [3.63, 3.8) is 0 Å². The van der Waals surface area contributed by atoms with Gasteiger partial charge in [-0.25, -0.2) is 0 Å². The van der Waals surface area contributed by atoms with E-state index < -0.39 is 0 Å². The fourth-order valence-corrected chi connectivity index (χ4v) is 2.90. The van der Waals surface area contributed by atoms with Gasteiger partial charge in [0, 0.05) is 18.5 Å². The second-order valence-electron chi connectivity index (χ2n) is 3.60. The van der Waals surface area contributed by atoms with Crippen LogP contribution in [0.2, 0.25) is 0 Å². The Hall–Kier alpha value is -0.220. The van der Waals surface area contributed by atoms with Gasteiger partial charge in [0.1, 0.15) is 5.25 Å². The summed E-state index contributed by atoms with van der Waals surface area (Å²) in [5, 5.41) is 0.571. The fourth-order valence-electron chi connectivity index (χ4n) is 1.60. The zero-order chi connectivity index (χ0) is 11.1. The molecule has 1 atom stereocenters. The maximum Gasteiger partial charge on any atom is 0.319 e. The van der Waals surface area contributed by atoms with Crippen molar-refractivity contribution in [2.75, 3.05) is 19.8 Å². The summed E-state index contributed by atoms with van der Waals surface area (Å²) in [4.78, 5) is 11.6. The van der Waals surface area contributed by atoms with E-state index in [1.807, 2.05) is 13.8 Å². The van der Waals surface area contributed by atoms with Crippen LogP contribution < -0.4 is 0 Å². The first-order valence-corrected chi connectivity index (χ1v) is 6.62. The molecule has 0 aromatic rings. The van der Waals surface area contributed by atoms with Gasteiger partial charge in [0.2, 0.25) is 0 Å². The standard InChI is InChI=1S/C11H20O3S/c1-3-10(11(12)14-4-2)15-9-5-7-13-8-6-9/h9-10H,3-8H2,1-2H3. The lowest BCUT2D eigenvalue weighted by molar-refractivity contribution is -0.142. The molecule has 1 aliphatic heterocycles. The number of thioether (sulfide) groups is 1. The van der Waals surface area contributed by atoms with E-state index in [4.69, 9.17) is 9.47 Å². The molecule has 0 aromatic heterocycles. The Morgan fingerprint density at radius 3 is 2.67 bits per heavy atom. The van der Waals surface area contributed by atoms with Crippen LogP contribution in [0.4, 0.5) is 0 Å². The van der Waals surface area contributed by atoms with Crippen LogP contribution in [-0.2, 0) is 14.3 Å². The Balaban J connectivity index is 2.34. The number of hydrogen-bond donors (Lipinski definition) is 0. The third-order valence-corrected chi connectivity index (χ3v) is 4.16. The summed E-state index contributed by atoms with van der Waals surface area (Å²) in [6.07, 6.45) is 2.96. The Kier molecular flexibility index (Phi) is 6.10. The molecule has 0 aromatic carbocycles. The van der Waals surface area contributed by atoms with Crippen molar-refractivity contribution in [3.05, 3.63) is 0 Å². The van der Waals surface area contributed by atoms with Gasteiger partial charge in [0.25, 0.3) is 0 Å². The third kappa shape index (κ3) is 4.43. The highest BCUT2D eigenvalue weighted by molar-refractivity contribution is 8.01. The lowest BCUT2D eigenvalue weighted by atomic mass is 10.2. The normalized spacial score (nSPS) is 19.9. The van der Waals surface area contributed by atoms with Crippen molar-refractivity contribution in [2.24, 2.45) is 0 Å². The van der Waals surface area contributed by atoms with Crippen LogP contribution in [0.5, 0.6) is 0 Å². The highest BCUT2D eigenvalue weighted by atomic mass is 32.2. The minimum absolute atomic E-state index is 0.00745. The van der Waals surface area contributed by atoms with Gasteiger partial charge in [0.05, 0.1) is 6.61 Å². The van der Waals surface area contributed by atoms with Gasteiger partial charge in [-0.15, -0.1) is 11.8 Å². The van der Waals surface area contributed by atoms with Crippen LogP contribution >= 0.6 is 11.8 Å². The first-order valence-electron chi connectivity index (χ1n) is 5.67. The van der Waals surface area contributed by atoms with Crippen molar-refractivity contribution in [1.29, 1.82) is 0 Å². The molecule has 0 saturated carbocycles. The molecule has 1 rings (SSSR count). The molecular formula is C11H20O3S. The molecule has 1 unspecified atom stereocenters. The monoisotopic (exact) mass is 232 g/mol. The molecule has 0 bridgehead atoms. The van der Waals surface area contributed by atoms with Crippen LogP contribution in [0, 0.1) is 0 Å². The third-order valence-electron chi connectivity index (χ3n) is 2.45. The topological polar surface area (TPSA) is 35.5 Å². The van der Waals surface area contributed by atoms with E-state index in [0.29, 0.717) is 11.9 Å². The molecule has 0 N–H and O–H groups in total. The lowest BCUT2D eigenvalue weighted by Gasteiger charge is -2.24. The van der Waals surface area contributed by atoms with Crippen molar-refractivity contribution >= 4 is 17.7 Å². The summed E-state index contributed by atoms with van der Waals surface area (Å²) in [5.74, 6) is -0.0588. The Morgan fingerprint density at radius 2 is 2.13 bits per heavy atom. The van der Waals surface area contributed by atoms with Crippen LogP contribution in [0.1, 0.15) is 33.1 Å². The molecule has 0 spiro atoms. The van der Waals surface area contributed by atoms with Crippen molar-refractivity contribution in [2.45, 2.75) is 43.6 Å². The van der Waals surface area contributed by atoms with Crippen molar-refractivity contribution in [3.8, 4) is 0 Å². The minimum atomic E-state index is -0.0588. The number of esters is 1. The van der Waals surface area contributed by atoms with Crippen molar-refractivity contribution < 1.29 is 14.3 Å². The molecule has 0 amide bonds. The largest absolute Gasteiger partial charge is 0.465 e. The molecule has 1 heterocycles. The molecular weight excluding hydrogens is 212 g/mol. The molecule has 4 heteroatoms. The van der Waals surface area contributed by atoms with Gasteiger partial charge in [-0.2, -0.15) is 0 Å². The average molecular weight is 232 g/mol. The Labute approximate surface area is 95.9 Å². The van der Waals surface area contributed by atoms with Crippen LogP contribution in [-0.4, -0.2) is 36.3 Å². The summed E-state index contributed by atoms with van der Waals surface area (Å²) < 4.78 is 10.3. The van der Waals surface area contributed by atoms with Crippen molar-refractivity contribution in [1.82, 2.24) is 0 Å². The molecule has 0 radical (unpaired) electrons. The lowest BCUT2D eigenvalue weighted by Crippen LogP contribution is -2.26. The van der Waals surface area contributed by atoms with Gasteiger partial charge in [-0.05, 0) is 26.2 Å². The molecule has 1 aliphatic rings. The minimum Gasteiger partial charge on any atom is -0.465 e.